The molecule has 0 fully saturated rings. The number of thiol groups is 1. The van der Waals surface area contributed by atoms with Gasteiger partial charge in [-0.05, 0) is 36.2 Å². The van der Waals surface area contributed by atoms with Crippen LogP contribution in [0.2, 0.25) is 0 Å². The molecule has 6 nitrogen and oxygen atoms in total. The van der Waals surface area contributed by atoms with Gasteiger partial charge in [0, 0.05) is 11.6 Å². The van der Waals surface area contributed by atoms with E-state index in [9.17, 15) is 14.7 Å². The Morgan fingerprint density at radius 1 is 1.11 bits per heavy atom. The standard InChI is InChI=1S/C20H23NO5S/c1-14(11-12-25-18(23)13-27)19(15-7-9-17(22)10-8-15)26-20(24)21-16-5-3-2-4-6-16/h2-10,14,19,22,27H,11-13H2,1H3,(H,21,24)/t14-,19-/m1/s1. The number of ether oxygens (including phenoxy) is 2. The van der Waals surface area contributed by atoms with Gasteiger partial charge in [-0.25, -0.2) is 4.79 Å². The minimum Gasteiger partial charge on any atom is -0.508 e. The Morgan fingerprint density at radius 2 is 1.78 bits per heavy atom. The molecule has 7 heteroatoms. The third-order valence-corrected chi connectivity index (χ3v) is 4.22. The van der Waals surface area contributed by atoms with E-state index in [1.165, 1.54) is 12.1 Å². The van der Waals surface area contributed by atoms with Gasteiger partial charge in [-0.15, -0.1) is 0 Å². The fraction of sp³-hybridized carbons (Fsp3) is 0.300. The second kappa shape index (κ2) is 10.5. The molecule has 2 aromatic rings. The van der Waals surface area contributed by atoms with Gasteiger partial charge < -0.3 is 14.6 Å². The SMILES string of the molecule is C[C@H](CCOC(=O)CS)[C@@H](OC(=O)Nc1ccccc1)c1ccc(O)cc1. The fourth-order valence-corrected chi connectivity index (χ4v) is 2.61. The van der Waals surface area contributed by atoms with Crippen LogP contribution in [0.1, 0.15) is 25.0 Å². The smallest absolute Gasteiger partial charge is 0.412 e. The molecule has 2 rings (SSSR count). The first-order valence-corrected chi connectivity index (χ1v) is 9.21. The summed E-state index contributed by atoms with van der Waals surface area (Å²) in [7, 11) is 0. The van der Waals surface area contributed by atoms with Gasteiger partial charge in [-0.3, -0.25) is 10.1 Å². The van der Waals surface area contributed by atoms with Crippen molar-refractivity contribution in [2.24, 2.45) is 5.92 Å². The lowest BCUT2D eigenvalue weighted by Crippen LogP contribution is -2.23. The van der Waals surface area contributed by atoms with Gasteiger partial charge in [0.05, 0.1) is 12.4 Å². The van der Waals surface area contributed by atoms with Crippen molar-refractivity contribution < 1.29 is 24.2 Å². The van der Waals surface area contributed by atoms with Crippen LogP contribution in [0, 0.1) is 5.92 Å². The Bertz CT molecular complexity index is 736. The molecular formula is C20H23NO5S. The van der Waals surface area contributed by atoms with Crippen LogP contribution in [0.25, 0.3) is 0 Å². The molecule has 2 N–H and O–H groups in total. The molecule has 0 aliphatic carbocycles. The average molecular weight is 389 g/mol. The van der Waals surface area contributed by atoms with E-state index in [2.05, 4.69) is 17.9 Å². The minimum absolute atomic E-state index is 0.0196. The molecule has 0 aromatic heterocycles. The number of anilines is 1. The van der Waals surface area contributed by atoms with Gasteiger partial charge in [-0.1, -0.05) is 37.3 Å². The second-order valence-corrected chi connectivity index (χ2v) is 6.37. The number of rotatable bonds is 8. The molecule has 0 heterocycles. The zero-order chi connectivity index (χ0) is 19.6. The third kappa shape index (κ3) is 6.86. The maximum absolute atomic E-state index is 12.3. The number of carbonyl (C=O) groups is 2. The van der Waals surface area contributed by atoms with E-state index in [0.717, 1.165) is 5.56 Å². The topological polar surface area (TPSA) is 84.9 Å². The Kier molecular flexibility index (Phi) is 8.00. The number of carbonyl (C=O) groups excluding carboxylic acids is 2. The number of nitrogens with one attached hydrogen (secondary N) is 1. The molecule has 2 aromatic carbocycles. The van der Waals surface area contributed by atoms with Crippen molar-refractivity contribution >= 4 is 30.4 Å². The molecule has 144 valence electrons. The van der Waals surface area contributed by atoms with E-state index in [4.69, 9.17) is 9.47 Å². The summed E-state index contributed by atoms with van der Waals surface area (Å²) < 4.78 is 10.7. The highest BCUT2D eigenvalue weighted by Crippen LogP contribution is 2.30. The third-order valence-electron chi connectivity index (χ3n) is 3.96. The number of para-hydroxylation sites is 1. The van der Waals surface area contributed by atoms with Gasteiger partial charge >= 0.3 is 12.1 Å². The van der Waals surface area contributed by atoms with Gasteiger partial charge in [0.1, 0.15) is 11.9 Å². The fourth-order valence-electron chi connectivity index (χ4n) is 2.52. The number of amides is 1. The maximum atomic E-state index is 12.3. The summed E-state index contributed by atoms with van der Waals surface area (Å²) >= 11 is 3.86. The number of benzene rings is 2. The van der Waals surface area contributed by atoms with Crippen molar-refractivity contribution in [3.8, 4) is 5.75 Å². The largest absolute Gasteiger partial charge is 0.508 e. The molecule has 2 atom stereocenters. The first-order valence-electron chi connectivity index (χ1n) is 8.57. The number of hydrogen-bond donors (Lipinski definition) is 3. The molecule has 0 spiro atoms. The van der Waals surface area contributed by atoms with Crippen molar-refractivity contribution in [1.29, 1.82) is 0 Å². The first kappa shape index (κ1) is 20.6. The predicted octanol–water partition coefficient (Wildman–Crippen LogP) is 4.18. The molecule has 0 saturated carbocycles. The van der Waals surface area contributed by atoms with Crippen molar-refractivity contribution in [3.63, 3.8) is 0 Å². The molecule has 0 radical (unpaired) electrons. The second-order valence-electron chi connectivity index (χ2n) is 6.05. The lowest BCUT2D eigenvalue weighted by atomic mass is 9.94. The van der Waals surface area contributed by atoms with E-state index in [-0.39, 0.29) is 24.0 Å². The lowest BCUT2D eigenvalue weighted by molar-refractivity contribution is -0.141. The lowest BCUT2D eigenvalue weighted by Gasteiger charge is -2.25. The highest BCUT2D eigenvalue weighted by molar-refractivity contribution is 7.81. The molecule has 0 unspecified atom stereocenters. The number of aromatic hydroxyl groups is 1. The van der Waals surface area contributed by atoms with Gasteiger partial charge in [-0.2, -0.15) is 12.6 Å². The summed E-state index contributed by atoms with van der Waals surface area (Å²) in [4.78, 5) is 23.5. The molecular weight excluding hydrogens is 366 g/mol. The van der Waals surface area contributed by atoms with Crippen LogP contribution in [-0.2, 0) is 14.3 Å². The van der Waals surface area contributed by atoms with E-state index in [1.54, 1.807) is 24.3 Å². The van der Waals surface area contributed by atoms with Gasteiger partial charge in [0.15, 0.2) is 0 Å². The minimum atomic E-state index is -0.585. The van der Waals surface area contributed by atoms with Crippen LogP contribution in [0.5, 0.6) is 5.75 Å². The van der Waals surface area contributed by atoms with Crippen LogP contribution in [0.4, 0.5) is 10.5 Å². The van der Waals surface area contributed by atoms with Crippen LogP contribution >= 0.6 is 12.6 Å². The molecule has 0 aliphatic rings. The van der Waals surface area contributed by atoms with Crippen molar-refractivity contribution in [1.82, 2.24) is 0 Å². The Labute approximate surface area is 163 Å². The number of hydrogen-bond acceptors (Lipinski definition) is 6. The molecule has 0 bridgehead atoms. The molecule has 1 amide bonds. The zero-order valence-electron chi connectivity index (χ0n) is 15.0. The van der Waals surface area contributed by atoms with E-state index >= 15 is 0 Å². The Balaban J connectivity index is 2.05. The van der Waals surface area contributed by atoms with Crippen LogP contribution in [0.3, 0.4) is 0 Å². The van der Waals surface area contributed by atoms with Crippen LogP contribution in [-0.4, -0.2) is 29.5 Å². The predicted molar refractivity (Wildman–Crippen MR) is 106 cm³/mol. The quantitative estimate of drug-likeness (QED) is 0.466. The van der Waals surface area contributed by atoms with Crippen molar-refractivity contribution in [2.75, 3.05) is 17.7 Å². The summed E-state index contributed by atoms with van der Waals surface area (Å²) in [5.41, 5.74) is 1.37. The van der Waals surface area contributed by atoms with Crippen LogP contribution in [0.15, 0.2) is 54.6 Å². The molecule has 0 saturated heterocycles. The molecule has 27 heavy (non-hydrogen) atoms. The number of phenolic OH excluding ortho intramolecular Hbond substituents is 1. The normalized spacial score (nSPS) is 12.7. The summed E-state index contributed by atoms with van der Waals surface area (Å²) in [6, 6.07) is 15.5. The monoisotopic (exact) mass is 389 g/mol. The van der Waals surface area contributed by atoms with Crippen LogP contribution < -0.4 is 5.32 Å². The van der Waals surface area contributed by atoms with Gasteiger partial charge in [0.25, 0.3) is 0 Å². The molecule has 0 aliphatic heterocycles. The maximum Gasteiger partial charge on any atom is 0.412 e. The van der Waals surface area contributed by atoms with Crippen molar-refractivity contribution in [3.05, 3.63) is 60.2 Å². The first-order chi connectivity index (χ1) is 13.0. The van der Waals surface area contributed by atoms with Crippen molar-refractivity contribution in [2.45, 2.75) is 19.4 Å². The summed E-state index contributed by atoms with van der Waals surface area (Å²) in [5.74, 6) is -0.369. The zero-order valence-corrected chi connectivity index (χ0v) is 15.9. The number of esters is 1. The van der Waals surface area contributed by atoms with E-state index in [1.807, 2.05) is 25.1 Å². The summed E-state index contributed by atoms with van der Waals surface area (Å²) in [6.07, 6.45) is -0.647. The Morgan fingerprint density at radius 3 is 2.41 bits per heavy atom. The van der Waals surface area contributed by atoms with Gasteiger partial charge in [0.2, 0.25) is 0 Å². The average Bonchev–Trinajstić information content (AvgIpc) is 2.67. The van der Waals surface area contributed by atoms with E-state index < -0.39 is 18.2 Å². The highest BCUT2D eigenvalue weighted by Gasteiger charge is 2.24. The van der Waals surface area contributed by atoms with E-state index in [0.29, 0.717) is 12.1 Å². The summed E-state index contributed by atoms with van der Waals surface area (Å²) in [6.45, 7) is 2.11. The highest BCUT2D eigenvalue weighted by atomic mass is 32.1. The number of phenols is 1. The summed E-state index contributed by atoms with van der Waals surface area (Å²) in [5, 5.41) is 12.2. The Hall–Kier alpha value is -2.67.